The van der Waals surface area contributed by atoms with Crippen LogP contribution >= 0.6 is 0 Å². The second-order valence-electron chi connectivity index (χ2n) is 4.33. The van der Waals surface area contributed by atoms with Crippen LogP contribution in [0.2, 0.25) is 0 Å². The maximum Gasteiger partial charge on any atom is 0.170 e. The highest BCUT2D eigenvalue weighted by Crippen LogP contribution is 2.17. The summed E-state index contributed by atoms with van der Waals surface area (Å²) >= 11 is 0. The van der Waals surface area contributed by atoms with Gasteiger partial charge >= 0.3 is 0 Å². The van der Waals surface area contributed by atoms with E-state index >= 15 is 0 Å². The summed E-state index contributed by atoms with van der Waals surface area (Å²) in [7, 11) is 2.01. The average Bonchev–Trinajstić information content (AvgIpc) is 2.48. The number of para-hydroxylation sites is 1. The van der Waals surface area contributed by atoms with Crippen LogP contribution in [-0.4, -0.2) is 18.1 Å². The van der Waals surface area contributed by atoms with Crippen LogP contribution in [0.1, 0.15) is 11.1 Å². The summed E-state index contributed by atoms with van der Waals surface area (Å²) in [6, 6.07) is 17.7. The predicted octanol–water partition coefficient (Wildman–Crippen LogP) is 2.42. The smallest absolute Gasteiger partial charge is 0.170 e. The molecule has 4 nitrogen and oxygen atoms in total. The topological polar surface area (TPSA) is 61.8 Å². The van der Waals surface area contributed by atoms with Crippen LogP contribution in [0.5, 0.6) is 0 Å². The van der Waals surface area contributed by atoms with Crippen molar-refractivity contribution < 1.29 is 5.21 Å². The lowest BCUT2D eigenvalue weighted by Crippen LogP contribution is -2.21. The molecule has 2 rings (SSSR count). The van der Waals surface area contributed by atoms with Crippen LogP contribution in [0.3, 0.4) is 0 Å². The van der Waals surface area contributed by atoms with Crippen molar-refractivity contribution in [2.24, 2.45) is 10.9 Å². The first-order chi connectivity index (χ1) is 9.22. The molecule has 0 aliphatic carbocycles. The number of benzene rings is 2. The number of anilines is 1. The maximum atomic E-state index is 8.81. The highest BCUT2D eigenvalue weighted by molar-refractivity contribution is 5.98. The van der Waals surface area contributed by atoms with Crippen molar-refractivity contribution in [2.45, 2.75) is 6.54 Å². The molecular weight excluding hydrogens is 238 g/mol. The summed E-state index contributed by atoms with van der Waals surface area (Å²) in [6.45, 7) is 0.691. The lowest BCUT2D eigenvalue weighted by molar-refractivity contribution is 0.318. The number of rotatable bonds is 4. The van der Waals surface area contributed by atoms with Crippen molar-refractivity contribution in [1.29, 1.82) is 0 Å². The molecule has 3 N–H and O–H groups in total. The van der Waals surface area contributed by atoms with E-state index in [2.05, 4.69) is 10.1 Å². The average molecular weight is 255 g/mol. The van der Waals surface area contributed by atoms with E-state index in [0.29, 0.717) is 6.54 Å². The molecule has 0 saturated carbocycles. The first kappa shape index (κ1) is 13.0. The highest BCUT2D eigenvalue weighted by atomic mass is 16.4. The molecule has 0 aromatic heterocycles. The van der Waals surface area contributed by atoms with Crippen LogP contribution < -0.4 is 10.6 Å². The fourth-order valence-corrected chi connectivity index (χ4v) is 1.99. The molecule has 2 aromatic carbocycles. The lowest BCUT2D eigenvalue weighted by Gasteiger charge is -2.20. The fraction of sp³-hybridized carbons (Fsp3) is 0.133. The molecule has 0 fully saturated rings. The van der Waals surface area contributed by atoms with Gasteiger partial charge in [-0.1, -0.05) is 47.6 Å². The van der Waals surface area contributed by atoms with Gasteiger partial charge in [0.2, 0.25) is 0 Å². The summed E-state index contributed by atoms with van der Waals surface area (Å²) < 4.78 is 0. The van der Waals surface area contributed by atoms with Crippen LogP contribution in [0, 0.1) is 0 Å². The van der Waals surface area contributed by atoms with Gasteiger partial charge in [0.05, 0.1) is 0 Å². The molecule has 0 bridgehead atoms. The summed E-state index contributed by atoms with van der Waals surface area (Å²) in [5.74, 6) is 0.136. The van der Waals surface area contributed by atoms with Crippen LogP contribution in [0.15, 0.2) is 59.8 Å². The van der Waals surface area contributed by atoms with Gasteiger partial charge in [-0.2, -0.15) is 0 Å². The van der Waals surface area contributed by atoms with Crippen molar-refractivity contribution in [3.8, 4) is 0 Å². The SMILES string of the molecule is CN(Cc1ccccc1/C(N)=N/O)c1ccccc1. The third-order valence-corrected chi connectivity index (χ3v) is 3.01. The Balaban J connectivity index is 2.24. The third-order valence-electron chi connectivity index (χ3n) is 3.01. The molecule has 0 heterocycles. The Morgan fingerprint density at radius 2 is 1.74 bits per heavy atom. The van der Waals surface area contributed by atoms with E-state index in [1.165, 1.54) is 0 Å². The standard InChI is InChI=1S/C15H17N3O/c1-18(13-8-3-2-4-9-13)11-12-7-5-6-10-14(12)15(16)17-19/h2-10,19H,11H2,1H3,(H2,16,17). The first-order valence-corrected chi connectivity index (χ1v) is 6.04. The van der Waals surface area contributed by atoms with Gasteiger partial charge in [-0.25, -0.2) is 0 Å². The third kappa shape index (κ3) is 3.04. The number of hydrogen-bond acceptors (Lipinski definition) is 3. The van der Waals surface area contributed by atoms with Crippen LogP contribution in [0.4, 0.5) is 5.69 Å². The van der Waals surface area contributed by atoms with Gasteiger partial charge in [-0.05, 0) is 17.7 Å². The number of amidine groups is 1. The predicted molar refractivity (Wildman–Crippen MR) is 77.5 cm³/mol. The molecular formula is C15H17N3O. The largest absolute Gasteiger partial charge is 0.409 e. The van der Waals surface area contributed by atoms with Gasteiger partial charge in [0.15, 0.2) is 5.84 Å². The molecule has 98 valence electrons. The zero-order valence-corrected chi connectivity index (χ0v) is 10.8. The molecule has 4 heteroatoms. The van der Waals surface area contributed by atoms with E-state index in [9.17, 15) is 0 Å². The lowest BCUT2D eigenvalue weighted by atomic mass is 10.1. The highest BCUT2D eigenvalue weighted by Gasteiger charge is 2.08. The number of nitrogens with two attached hydrogens (primary N) is 1. The van der Waals surface area contributed by atoms with Gasteiger partial charge < -0.3 is 15.8 Å². The normalized spacial score (nSPS) is 11.3. The Hall–Kier alpha value is -2.49. The fourth-order valence-electron chi connectivity index (χ4n) is 1.99. The van der Waals surface area contributed by atoms with Crippen molar-refractivity contribution >= 4 is 11.5 Å². The summed E-state index contributed by atoms with van der Waals surface area (Å²) in [5.41, 5.74) is 8.59. The van der Waals surface area contributed by atoms with Crippen molar-refractivity contribution in [1.82, 2.24) is 0 Å². The number of nitrogens with zero attached hydrogens (tertiary/aromatic N) is 2. The van der Waals surface area contributed by atoms with Gasteiger partial charge in [0, 0.05) is 24.8 Å². The Labute approximate surface area is 112 Å². The maximum absolute atomic E-state index is 8.81. The molecule has 0 saturated heterocycles. The zero-order chi connectivity index (χ0) is 13.7. The minimum atomic E-state index is 0.136. The second kappa shape index (κ2) is 5.91. The Kier molecular flexibility index (Phi) is 4.03. The van der Waals surface area contributed by atoms with Gasteiger partial charge in [-0.15, -0.1) is 0 Å². The first-order valence-electron chi connectivity index (χ1n) is 6.04. The van der Waals surface area contributed by atoms with Crippen molar-refractivity contribution in [3.63, 3.8) is 0 Å². The second-order valence-corrected chi connectivity index (χ2v) is 4.33. The van der Waals surface area contributed by atoms with Gasteiger partial charge in [-0.3, -0.25) is 0 Å². The van der Waals surface area contributed by atoms with Gasteiger partial charge in [0.1, 0.15) is 0 Å². The summed E-state index contributed by atoms with van der Waals surface area (Å²) in [5, 5.41) is 11.9. The van der Waals surface area contributed by atoms with Crippen LogP contribution in [-0.2, 0) is 6.54 Å². The summed E-state index contributed by atoms with van der Waals surface area (Å²) in [4.78, 5) is 2.11. The molecule has 0 radical (unpaired) electrons. The Morgan fingerprint density at radius 3 is 2.42 bits per heavy atom. The van der Waals surface area contributed by atoms with Crippen LogP contribution in [0.25, 0.3) is 0 Å². The number of oxime groups is 1. The van der Waals surface area contributed by atoms with E-state index in [-0.39, 0.29) is 5.84 Å². The van der Waals surface area contributed by atoms with E-state index in [0.717, 1.165) is 16.8 Å². The molecule has 0 aliphatic rings. The monoisotopic (exact) mass is 255 g/mol. The van der Waals surface area contributed by atoms with E-state index in [1.54, 1.807) is 0 Å². The Morgan fingerprint density at radius 1 is 1.11 bits per heavy atom. The van der Waals surface area contributed by atoms with E-state index < -0.39 is 0 Å². The molecule has 19 heavy (non-hydrogen) atoms. The molecule has 0 spiro atoms. The molecule has 0 unspecified atom stereocenters. The molecule has 0 amide bonds. The number of hydrogen-bond donors (Lipinski definition) is 2. The minimum absolute atomic E-state index is 0.136. The van der Waals surface area contributed by atoms with Crippen molar-refractivity contribution in [3.05, 3.63) is 65.7 Å². The molecule has 0 atom stereocenters. The minimum Gasteiger partial charge on any atom is -0.409 e. The molecule has 0 aliphatic heterocycles. The quantitative estimate of drug-likeness (QED) is 0.382. The van der Waals surface area contributed by atoms with E-state index in [1.807, 2.05) is 61.6 Å². The zero-order valence-electron chi connectivity index (χ0n) is 10.8. The van der Waals surface area contributed by atoms with Gasteiger partial charge in [0.25, 0.3) is 0 Å². The van der Waals surface area contributed by atoms with E-state index in [4.69, 9.17) is 10.9 Å². The summed E-state index contributed by atoms with van der Waals surface area (Å²) in [6.07, 6.45) is 0. The van der Waals surface area contributed by atoms with Crippen molar-refractivity contribution in [2.75, 3.05) is 11.9 Å². The Bertz CT molecular complexity index is 567. The molecule has 2 aromatic rings.